The molecule has 0 bridgehead atoms. The molecule has 0 aliphatic heterocycles. The standard InChI is InChI=1S/C42H26N2O/c1-2-12-27(13-3-1)28-14-10-15-29(26-28)43-37-25-24-33-32-18-6-9-23-39(32)45-42(33)40(37)34-19-11-22-38(41(34)43)44-35-20-7-4-16-30(35)31-17-5-8-21-36(31)44/h1-26H. The monoisotopic (exact) mass is 574 g/mol. The van der Waals surface area contributed by atoms with Crippen LogP contribution in [-0.4, -0.2) is 9.13 Å². The van der Waals surface area contributed by atoms with Crippen molar-refractivity contribution in [2.24, 2.45) is 0 Å². The molecule has 0 saturated heterocycles. The molecule has 0 N–H and O–H groups in total. The SMILES string of the molecule is c1ccc(-c2cccc(-n3c4ccc5c6ccccc6oc5c4c4cccc(-n5c6ccccc6c6ccccc65)c43)c2)cc1. The Labute approximate surface area is 258 Å². The summed E-state index contributed by atoms with van der Waals surface area (Å²) >= 11 is 0. The molecule has 0 atom stereocenters. The van der Waals surface area contributed by atoms with Gasteiger partial charge in [-0.15, -0.1) is 0 Å². The molecule has 0 unspecified atom stereocenters. The van der Waals surface area contributed by atoms with Crippen LogP contribution in [0, 0.1) is 0 Å². The van der Waals surface area contributed by atoms with Gasteiger partial charge in [-0.2, -0.15) is 0 Å². The second kappa shape index (κ2) is 9.22. The molecule has 0 aliphatic rings. The number of aromatic nitrogens is 2. The molecule has 7 aromatic carbocycles. The Morgan fingerprint density at radius 2 is 1.04 bits per heavy atom. The molecule has 0 aliphatic carbocycles. The van der Waals surface area contributed by atoms with Gasteiger partial charge in [-0.25, -0.2) is 0 Å². The van der Waals surface area contributed by atoms with Crippen LogP contribution in [0.3, 0.4) is 0 Å². The summed E-state index contributed by atoms with van der Waals surface area (Å²) in [4.78, 5) is 0. The van der Waals surface area contributed by atoms with E-state index in [1.165, 1.54) is 38.3 Å². The third-order valence-electron chi connectivity index (χ3n) is 9.31. The highest BCUT2D eigenvalue weighted by Gasteiger charge is 2.23. The summed E-state index contributed by atoms with van der Waals surface area (Å²) in [6.07, 6.45) is 0. The fourth-order valence-electron chi connectivity index (χ4n) is 7.40. The van der Waals surface area contributed by atoms with E-state index in [1.807, 2.05) is 6.07 Å². The summed E-state index contributed by atoms with van der Waals surface area (Å²) in [6.45, 7) is 0. The van der Waals surface area contributed by atoms with E-state index in [2.05, 4.69) is 161 Å². The number of furan rings is 1. The van der Waals surface area contributed by atoms with Gasteiger partial charge in [0.15, 0.2) is 0 Å². The predicted molar refractivity (Wildman–Crippen MR) is 188 cm³/mol. The third kappa shape index (κ3) is 3.41. The van der Waals surface area contributed by atoms with Crippen molar-refractivity contribution in [3.8, 4) is 22.5 Å². The molecule has 3 heterocycles. The van der Waals surface area contributed by atoms with Gasteiger partial charge in [-0.3, -0.25) is 0 Å². The van der Waals surface area contributed by atoms with Gasteiger partial charge in [0.25, 0.3) is 0 Å². The molecule has 0 radical (unpaired) electrons. The Kier molecular flexibility index (Phi) is 5.00. The number of para-hydroxylation sites is 4. The highest BCUT2D eigenvalue weighted by atomic mass is 16.3. The van der Waals surface area contributed by atoms with Gasteiger partial charge in [0.1, 0.15) is 11.2 Å². The van der Waals surface area contributed by atoms with E-state index >= 15 is 0 Å². The second-order valence-corrected chi connectivity index (χ2v) is 11.7. The summed E-state index contributed by atoms with van der Waals surface area (Å²) in [7, 11) is 0. The largest absolute Gasteiger partial charge is 0.455 e. The molecule has 45 heavy (non-hydrogen) atoms. The van der Waals surface area contributed by atoms with E-state index < -0.39 is 0 Å². The van der Waals surface area contributed by atoms with Crippen molar-refractivity contribution >= 4 is 65.6 Å². The van der Waals surface area contributed by atoms with Crippen LogP contribution in [0.2, 0.25) is 0 Å². The number of nitrogens with zero attached hydrogens (tertiary/aromatic N) is 2. The van der Waals surface area contributed by atoms with Gasteiger partial charge in [0.2, 0.25) is 0 Å². The van der Waals surface area contributed by atoms with Gasteiger partial charge in [0, 0.05) is 32.6 Å². The van der Waals surface area contributed by atoms with Crippen LogP contribution in [0.1, 0.15) is 0 Å². The molecule has 3 heteroatoms. The normalized spacial score (nSPS) is 12.0. The summed E-state index contributed by atoms with van der Waals surface area (Å²) in [5.41, 5.74) is 11.1. The van der Waals surface area contributed by atoms with Gasteiger partial charge in [0.05, 0.1) is 33.1 Å². The molecule has 0 amide bonds. The molecule has 210 valence electrons. The minimum atomic E-state index is 0.908. The number of rotatable bonds is 3. The zero-order valence-electron chi connectivity index (χ0n) is 24.3. The molecule has 3 nitrogen and oxygen atoms in total. The Balaban J connectivity index is 1.40. The highest BCUT2D eigenvalue weighted by Crippen LogP contribution is 2.44. The van der Waals surface area contributed by atoms with Crippen molar-refractivity contribution in [2.45, 2.75) is 0 Å². The first kappa shape index (κ1) is 24.4. The fraction of sp³-hybridized carbons (Fsp3) is 0. The van der Waals surface area contributed by atoms with E-state index in [1.54, 1.807) is 0 Å². The Morgan fingerprint density at radius 3 is 1.84 bits per heavy atom. The zero-order valence-corrected chi connectivity index (χ0v) is 24.3. The molecular weight excluding hydrogens is 548 g/mol. The minimum absolute atomic E-state index is 0.908. The molecule has 0 fully saturated rings. The maximum atomic E-state index is 6.67. The first-order chi connectivity index (χ1) is 22.3. The average Bonchev–Trinajstić information content (AvgIpc) is 3.76. The van der Waals surface area contributed by atoms with Crippen molar-refractivity contribution in [3.05, 3.63) is 158 Å². The van der Waals surface area contributed by atoms with E-state index in [4.69, 9.17) is 4.42 Å². The predicted octanol–water partition coefficient (Wildman–Crippen LogP) is 11.4. The molecule has 0 saturated carbocycles. The lowest BCUT2D eigenvalue weighted by Gasteiger charge is -2.15. The molecule has 10 aromatic rings. The summed E-state index contributed by atoms with van der Waals surface area (Å²) in [5.74, 6) is 0. The van der Waals surface area contributed by atoms with E-state index in [-0.39, 0.29) is 0 Å². The number of benzene rings is 7. The van der Waals surface area contributed by atoms with Crippen LogP contribution in [0.5, 0.6) is 0 Å². The molecule has 3 aromatic heterocycles. The molecule has 10 rings (SSSR count). The van der Waals surface area contributed by atoms with Crippen LogP contribution in [0.25, 0.3) is 88.1 Å². The Morgan fingerprint density at radius 1 is 0.400 bits per heavy atom. The zero-order chi connectivity index (χ0) is 29.5. The van der Waals surface area contributed by atoms with Crippen LogP contribution in [-0.2, 0) is 0 Å². The van der Waals surface area contributed by atoms with Crippen LogP contribution in [0.15, 0.2) is 162 Å². The summed E-state index contributed by atoms with van der Waals surface area (Å²) in [5, 5.41) is 7.07. The third-order valence-corrected chi connectivity index (χ3v) is 9.31. The Hall–Kier alpha value is -6.06. The van der Waals surface area contributed by atoms with Crippen LogP contribution < -0.4 is 0 Å². The summed E-state index contributed by atoms with van der Waals surface area (Å²) < 4.78 is 11.5. The highest BCUT2D eigenvalue weighted by molar-refractivity contribution is 6.25. The van der Waals surface area contributed by atoms with E-state index in [0.29, 0.717) is 0 Å². The Bertz CT molecular complexity index is 2710. The van der Waals surface area contributed by atoms with E-state index in [0.717, 1.165) is 49.7 Å². The number of fused-ring (bicyclic) bond motifs is 10. The topological polar surface area (TPSA) is 23.0 Å². The van der Waals surface area contributed by atoms with Crippen molar-refractivity contribution in [1.29, 1.82) is 0 Å². The fourth-order valence-corrected chi connectivity index (χ4v) is 7.40. The van der Waals surface area contributed by atoms with Gasteiger partial charge >= 0.3 is 0 Å². The lowest BCUT2D eigenvalue weighted by Crippen LogP contribution is -2.00. The second-order valence-electron chi connectivity index (χ2n) is 11.7. The lowest BCUT2D eigenvalue weighted by molar-refractivity contribution is 0.673. The van der Waals surface area contributed by atoms with Gasteiger partial charge in [-0.1, -0.05) is 109 Å². The van der Waals surface area contributed by atoms with Crippen molar-refractivity contribution < 1.29 is 4.42 Å². The van der Waals surface area contributed by atoms with Crippen molar-refractivity contribution in [3.63, 3.8) is 0 Å². The maximum absolute atomic E-state index is 6.67. The maximum Gasteiger partial charge on any atom is 0.145 e. The number of hydrogen-bond donors (Lipinski definition) is 0. The first-order valence-corrected chi connectivity index (χ1v) is 15.4. The van der Waals surface area contributed by atoms with Crippen LogP contribution in [0.4, 0.5) is 0 Å². The van der Waals surface area contributed by atoms with E-state index in [9.17, 15) is 0 Å². The van der Waals surface area contributed by atoms with Crippen LogP contribution >= 0.6 is 0 Å². The number of hydrogen-bond acceptors (Lipinski definition) is 1. The van der Waals surface area contributed by atoms with Crippen molar-refractivity contribution in [1.82, 2.24) is 9.13 Å². The minimum Gasteiger partial charge on any atom is -0.455 e. The smallest absolute Gasteiger partial charge is 0.145 e. The quantitative estimate of drug-likeness (QED) is 0.206. The van der Waals surface area contributed by atoms with Gasteiger partial charge < -0.3 is 13.6 Å². The van der Waals surface area contributed by atoms with Crippen molar-refractivity contribution in [2.75, 3.05) is 0 Å². The van der Waals surface area contributed by atoms with Gasteiger partial charge in [-0.05, 0) is 59.7 Å². The average molecular weight is 575 g/mol. The lowest BCUT2D eigenvalue weighted by atomic mass is 10.1. The molecule has 0 spiro atoms. The molecular formula is C42H26N2O. The summed E-state index contributed by atoms with van der Waals surface area (Å²) in [6, 6.07) is 56.5. The first-order valence-electron chi connectivity index (χ1n) is 15.4.